The fraction of sp³-hybridized carbons (Fsp3) is 0.182. The molecule has 0 radical (unpaired) electrons. The molecular weight excluding hydrogens is 206 g/mol. The normalized spacial score (nSPS) is 10.5. The van der Waals surface area contributed by atoms with Gasteiger partial charge >= 0.3 is 0 Å². The zero-order valence-electron chi connectivity index (χ0n) is 8.55. The highest BCUT2D eigenvalue weighted by molar-refractivity contribution is 7.98. The first kappa shape index (κ1) is 10.1. The topological polar surface area (TPSA) is 43.8 Å². The molecule has 0 amide bonds. The van der Waals surface area contributed by atoms with Crippen LogP contribution in [-0.2, 0) is 12.8 Å². The number of hydrogen-bond acceptors (Lipinski definition) is 3. The van der Waals surface area contributed by atoms with Crippen LogP contribution in [0.15, 0.2) is 41.6 Å². The molecule has 0 bridgehead atoms. The zero-order valence-corrected chi connectivity index (χ0v) is 9.37. The maximum Gasteiger partial charge on any atom is 0.0625 e. The Morgan fingerprint density at radius 1 is 1.47 bits per heavy atom. The molecule has 1 heterocycles. The highest BCUT2D eigenvalue weighted by atomic mass is 32.2. The first-order chi connectivity index (χ1) is 7.24. The Balaban J connectivity index is 1.99. The highest BCUT2D eigenvalue weighted by Gasteiger charge is 1.98. The molecule has 0 aliphatic rings. The first-order valence-corrected chi connectivity index (χ1v) is 5.68. The quantitative estimate of drug-likeness (QED) is 0.636. The molecule has 3 nitrogen and oxygen atoms in total. The van der Waals surface area contributed by atoms with E-state index in [0.29, 0.717) is 0 Å². The van der Waals surface area contributed by atoms with Crippen molar-refractivity contribution in [3.8, 4) is 0 Å². The molecule has 0 atom stereocenters. The maximum atomic E-state index is 5.71. The van der Waals surface area contributed by atoms with Gasteiger partial charge in [0, 0.05) is 29.6 Å². The molecular formula is C11H13N3S. The van der Waals surface area contributed by atoms with Crippen LogP contribution < -0.4 is 5.73 Å². The van der Waals surface area contributed by atoms with E-state index in [1.54, 1.807) is 11.8 Å². The number of nitrogens with two attached hydrogens (primary N) is 1. The number of aryl methyl sites for hydroxylation is 1. The summed E-state index contributed by atoms with van der Waals surface area (Å²) >= 11 is 1.76. The van der Waals surface area contributed by atoms with Crippen molar-refractivity contribution in [2.75, 3.05) is 5.73 Å². The van der Waals surface area contributed by atoms with Crippen molar-refractivity contribution in [1.82, 2.24) is 9.78 Å². The standard InChI is InChI=1S/C11H13N3S/c1-14-7-11(6-13-14)15-8-9-3-2-4-10(12)5-9/h2-7H,8,12H2,1H3. The van der Waals surface area contributed by atoms with E-state index >= 15 is 0 Å². The van der Waals surface area contributed by atoms with Crippen LogP contribution in [0.2, 0.25) is 0 Å². The van der Waals surface area contributed by atoms with Crippen molar-refractivity contribution < 1.29 is 0 Å². The molecule has 0 fully saturated rings. The number of nitrogen functional groups attached to an aromatic ring is 1. The minimum atomic E-state index is 0.819. The summed E-state index contributed by atoms with van der Waals surface area (Å²) in [5.41, 5.74) is 7.76. The molecule has 2 N–H and O–H groups in total. The summed E-state index contributed by atoms with van der Waals surface area (Å²) in [4.78, 5) is 1.18. The minimum Gasteiger partial charge on any atom is -0.399 e. The van der Waals surface area contributed by atoms with Crippen LogP contribution in [0.1, 0.15) is 5.56 Å². The van der Waals surface area contributed by atoms with E-state index in [-0.39, 0.29) is 0 Å². The number of rotatable bonds is 3. The van der Waals surface area contributed by atoms with E-state index in [4.69, 9.17) is 5.73 Å². The predicted molar refractivity (Wildman–Crippen MR) is 63.6 cm³/mol. The van der Waals surface area contributed by atoms with E-state index in [1.165, 1.54) is 10.5 Å². The minimum absolute atomic E-state index is 0.819. The molecule has 1 aromatic carbocycles. The lowest BCUT2D eigenvalue weighted by molar-refractivity contribution is 0.766. The van der Waals surface area contributed by atoms with Gasteiger partial charge in [-0.15, -0.1) is 11.8 Å². The van der Waals surface area contributed by atoms with E-state index in [0.717, 1.165) is 11.4 Å². The molecule has 2 rings (SSSR count). The molecule has 2 aromatic rings. The van der Waals surface area contributed by atoms with E-state index in [1.807, 2.05) is 42.3 Å². The molecule has 0 aliphatic carbocycles. The Morgan fingerprint density at radius 2 is 2.33 bits per heavy atom. The number of aromatic nitrogens is 2. The Labute approximate surface area is 93.3 Å². The summed E-state index contributed by atoms with van der Waals surface area (Å²) in [7, 11) is 1.92. The van der Waals surface area contributed by atoms with Crippen LogP contribution in [0, 0.1) is 0 Å². The SMILES string of the molecule is Cn1cc(SCc2cccc(N)c2)cn1. The second-order valence-electron chi connectivity index (χ2n) is 3.38. The van der Waals surface area contributed by atoms with E-state index < -0.39 is 0 Å². The summed E-state index contributed by atoms with van der Waals surface area (Å²) in [6.07, 6.45) is 3.88. The Hall–Kier alpha value is -1.42. The van der Waals surface area contributed by atoms with Crippen molar-refractivity contribution in [2.24, 2.45) is 7.05 Å². The fourth-order valence-electron chi connectivity index (χ4n) is 1.32. The van der Waals surface area contributed by atoms with Crippen LogP contribution in [0.25, 0.3) is 0 Å². The van der Waals surface area contributed by atoms with Gasteiger partial charge in [0.2, 0.25) is 0 Å². The van der Waals surface area contributed by atoms with Crippen LogP contribution >= 0.6 is 11.8 Å². The molecule has 0 saturated heterocycles. The summed E-state index contributed by atoms with van der Waals surface area (Å²) < 4.78 is 1.81. The van der Waals surface area contributed by atoms with Crippen molar-refractivity contribution in [3.05, 3.63) is 42.2 Å². The smallest absolute Gasteiger partial charge is 0.0625 e. The van der Waals surface area contributed by atoms with Crippen LogP contribution in [0.4, 0.5) is 5.69 Å². The van der Waals surface area contributed by atoms with Gasteiger partial charge in [-0.25, -0.2) is 0 Å². The monoisotopic (exact) mass is 219 g/mol. The van der Waals surface area contributed by atoms with Gasteiger partial charge in [-0.05, 0) is 17.7 Å². The van der Waals surface area contributed by atoms with Gasteiger partial charge < -0.3 is 5.73 Å². The predicted octanol–water partition coefficient (Wildman–Crippen LogP) is 2.29. The Bertz CT molecular complexity index is 451. The third kappa shape index (κ3) is 2.76. The molecule has 0 saturated carbocycles. The van der Waals surface area contributed by atoms with Gasteiger partial charge in [0.15, 0.2) is 0 Å². The molecule has 0 aliphatic heterocycles. The molecule has 0 spiro atoms. The fourth-order valence-corrected chi connectivity index (χ4v) is 2.18. The average Bonchev–Trinajstić information content (AvgIpc) is 2.62. The molecule has 78 valence electrons. The Morgan fingerprint density at radius 3 is 3.00 bits per heavy atom. The van der Waals surface area contributed by atoms with Crippen molar-refractivity contribution >= 4 is 17.4 Å². The summed E-state index contributed by atoms with van der Waals surface area (Å²) in [6, 6.07) is 7.97. The van der Waals surface area contributed by atoms with Crippen LogP contribution in [0.5, 0.6) is 0 Å². The number of hydrogen-bond donors (Lipinski definition) is 1. The molecule has 1 aromatic heterocycles. The summed E-state index contributed by atoms with van der Waals surface area (Å²) in [5.74, 6) is 0.927. The number of benzene rings is 1. The molecule has 4 heteroatoms. The summed E-state index contributed by atoms with van der Waals surface area (Å²) in [6.45, 7) is 0. The van der Waals surface area contributed by atoms with Gasteiger partial charge in [0.1, 0.15) is 0 Å². The van der Waals surface area contributed by atoms with Gasteiger partial charge in [0.25, 0.3) is 0 Å². The van der Waals surface area contributed by atoms with Crippen molar-refractivity contribution in [2.45, 2.75) is 10.6 Å². The number of anilines is 1. The highest BCUT2D eigenvalue weighted by Crippen LogP contribution is 2.22. The average molecular weight is 219 g/mol. The first-order valence-electron chi connectivity index (χ1n) is 4.70. The van der Waals surface area contributed by atoms with Crippen LogP contribution in [0.3, 0.4) is 0 Å². The second kappa shape index (κ2) is 4.40. The van der Waals surface area contributed by atoms with Gasteiger partial charge in [-0.2, -0.15) is 5.10 Å². The zero-order chi connectivity index (χ0) is 10.7. The third-order valence-electron chi connectivity index (χ3n) is 2.04. The van der Waals surface area contributed by atoms with Crippen LogP contribution in [-0.4, -0.2) is 9.78 Å². The Kier molecular flexibility index (Phi) is 2.97. The molecule has 0 unspecified atom stereocenters. The second-order valence-corrected chi connectivity index (χ2v) is 4.43. The number of thioether (sulfide) groups is 1. The number of nitrogens with zero attached hydrogens (tertiary/aromatic N) is 2. The van der Waals surface area contributed by atoms with Gasteiger partial charge in [-0.1, -0.05) is 12.1 Å². The van der Waals surface area contributed by atoms with E-state index in [2.05, 4.69) is 11.2 Å². The lowest BCUT2D eigenvalue weighted by Crippen LogP contribution is -1.86. The lowest BCUT2D eigenvalue weighted by Gasteiger charge is -2.00. The summed E-state index contributed by atoms with van der Waals surface area (Å²) in [5, 5.41) is 4.12. The van der Waals surface area contributed by atoms with Gasteiger partial charge in [-0.3, -0.25) is 4.68 Å². The largest absolute Gasteiger partial charge is 0.399 e. The molecule has 15 heavy (non-hydrogen) atoms. The van der Waals surface area contributed by atoms with Crippen molar-refractivity contribution in [3.63, 3.8) is 0 Å². The lowest BCUT2D eigenvalue weighted by atomic mass is 10.2. The third-order valence-corrected chi connectivity index (χ3v) is 3.06. The van der Waals surface area contributed by atoms with Gasteiger partial charge in [0.05, 0.1) is 6.20 Å². The van der Waals surface area contributed by atoms with Crippen molar-refractivity contribution in [1.29, 1.82) is 0 Å². The maximum absolute atomic E-state index is 5.71. The van der Waals surface area contributed by atoms with E-state index in [9.17, 15) is 0 Å².